The molecule has 0 bridgehead atoms. The maximum atomic E-state index is 11.9. The maximum absolute atomic E-state index is 11.9. The number of ether oxygens (including phenoxy) is 1. The van der Waals surface area contributed by atoms with Crippen molar-refractivity contribution in [3.63, 3.8) is 0 Å². The molecule has 0 saturated carbocycles. The molecular weight excluding hydrogens is 266 g/mol. The number of benzene rings is 2. The minimum absolute atomic E-state index is 0.359. The molecule has 1 N–H and O–H groups in total. The van der Waals surface area contributed by atoms with Crippen molar-refractivity contribution in [2.45, 2.75) is 6.54 Å². The van der Waals surface area contributed by atoms with Crippen molar-refractivity contribution in [2.75, 3.05) is 12.4 Å². The maximum Gasteiger partial charge on any atom is 0.359 e. The standard InChI is InChI=1S/C17H15NO3/c1-20-14-8-6-12(7-9-14)11-18-15-10-13-4-2-3-5-16(13)21-17(15)19/h2-10,18H,11H2,1H3. The number of nitrogens with one attached hydrogen (secondary N) is 1. The van der Waals surface area contributed by atoms with Crippen LogP contribution in [0.5, 0.6) is 5.75 Å². The van der Waals surface area contributed by atoms with Crippen LogP contribution >= 0.6 is 0 Å². The molecule has 0 aliphatic heterocycles. The minimum atomic E-state index is -0.359. The summed E-state index contributed by atoms with van der Waals surface area (Å²) in [6.45, 7) is 0.549. The lowest BCUT2D eigenvalue weighted by Crippen LogP contribution is -2.10. The number of rotatable bonds is 4. The van der Waals surface area contributed by atoms with Gasteiger partial charge in [-0.1, -0.05) is 30.3 Å². The SMILES string of the molecule is COc1ccc(CNc2cc3ccccc3oc2=O)cc1. The molecule has 3 rings (SSSR count). The van der Waals surface area contributed by atoms with E-state index in [0.29, 0.717) is 17.8 Å². The second-order valence-corrected chi connectivity index (χ2v) is 4.69. The summed E-state index contributed by atoms with van der Waals surface area (Å²) in [5.74, 6) is 0.809. The lowest BCUT2D eigenvalue weighted by Gasteiger charge is -2.07. The van der Waals surface area contributed by atoms with E-state index in [2.05, 4.69) is 5.32 Å². The summed E-state index contributed by atoms with van der Waals surface area (Å²) >= 11 is 0. The van der Waals surface area contributed by atoms with Crippen molar-refractivity contribution >= 4 is 16.7 Å². The molecule has 0 spiro atoms. The Morgan fingerprint density at radius 1 is 1.10 bits per heavy atom. The monoisotopic (exact) mass is 281 g/mol. The third-order valence-electron chi connectivity index (χ3n) is 3.28. The van der Waals surface area contributed by atoms with Crippen LogP contribution < -0.4 is 15.7 Å². The van der Waals surface area contributed by atoms with Gasteiger partial charge in [-0.3, -0.25) is 0 Å². The molecule has 21 heavy (non-hydrogen) atoms. The summed E-state index contributed by atoms with van der Waals surface area (Å²) in [6, 6.07) is 16.9. The van der Waals surface area contributed by atoms with Gasteiger partial charge in [-0.15, -0.1) is 0 Å². The predicted molar refractivity (Wildman–Crippen MR) is 82.8 cm³/mol. The van der Waals surface area contributed by atoms with Crippen LogP contribution in [-0.4, -0.2) is 7.11 Å². The molecule has 0 amide bonds. The second-order valence-electron chi connectivity index (χ2n) is 4.69. The van der Waals surface area contributed by atoms with Gasteiger partial charge in [0.2, 0.25) is 0 Å². The molecule has 0 atom stereocenters. The lowest BCUT2D eigenvalue weighted by atomic mass is 10.2. The Labute approximate surface area is 122 Å². The van der Waals surface area contributed by atoms with Crippen LogP contribution in [0.25, 0.3) is 11.0 Å². The average molecular weight is 281 g/mol. The van der Waals surface area contributed by atoms with Gasteiger partial charge in [-0.25, -0.2) is 4.79 Å². The number of fused-ring (bicyclic) bond motifs is 1. The van der Waals surface area contributed by atoms with Crippen LogP contribution in [0.2, 0.25) is 0 Å². The lowest BCUT2D eigenvalue weighted by molar-refractivity contribution is 0.414. The Balaban J connectivity index is 1.81. The third-order valence-corrected chi connectivity index (χ3v) is 3.28. The highest BCUT2D eigenvalue weighted by molar-refractivity contribution is 5.79. The summed E-state index contributed by atoms with van der Waals surface area (Å²) in [7, 11) is 1.63. The fraction of sp³-hybridized carbons (Fsp3) is 0.118. The molecule has 0 aliphatic carbocycles. The van der Waals surface area contributed by atoms with E-state index < -0.39 is 0 Å². The second kappa shape index (κ2) is 5.71. The zero-order valence-electron chi connectivity index (χ0n) is 11.6. The summed E-state index contributed by atoms with van der Waals surface area (Å²) in [6.07, 6.45) is 0. The van der Waals surface area contributed by atoms with E-state index in [1.54, 1.807) is 13.2 Å². The van der Waals surface area contributed by atoms with Crippen LogP contribution in [-0.2, 0) is 6.54 Å². The van der Waals surface area contributed by atoms with E-state index in [1.807, 2.05) is 48.5 Å². The van der Waals surface area contributed by atoms with E-state index in [4.69, 9.17) is 9.15 Å². The van der Waals surface area contributed by atoms with Crippen LogP contribution in [0.15, 0.2) is 63.8 Å². The fourth-order valence-corrected chi connectivity index (χ4v) is 2.13. The minimum Gasteiger partial charge on any atom is -0.497 e. The Morgan fingerprint density at radius 2 is 1.86 bits per heavy atom. The van der Waals surface area contributed by atoms with Gasteiger partial charge in [0.25, 0.3) is 0 Å². The summed E-state index contributed by atoms with van der Waals surface area (Å²) < 4.78 is 10.4. The molecule has 2 aromatic carbocycles. The van der Waals surface area contributed by atoms with Gasteiger partial charge in [0, 0.05) is 11.9 Å². The largest absolute Gasteiger partial charge is 0.497 e. The molecular formula is C17H15NO3. The number of methoxy groups -OCH3 is 1. The van der Waals surface area contributed by atoms with Crippen LogP contribution in [0.1, 0.15) is 5.56 Å². The first kappa shape index (κ1) is 13.2. The van der Waals surface area contributed by atoms with Crippen LogP contribution in [0.4, 0.5) is 5.69 Å². The molecule has 0 aliphatic rings. The highest BCUT2D eigenvalue weighted by Crippen LogP contribution is 2.16. The first-order valence-electron chi connectivity index (χ1n) is 6.66. The first-order valence-corrected chi connectivity index (χ1v) is 6.66. The van der Waals surface area contributed by atoms with Gasteiger partial charge in [-0.05, 0) is 29.8 Å². The Bertz CT molecular complexity index is 806. The van der Waals surface area contributed by atoms with Gasteiger partial charge in [0.05, 0.1) is 7.11 Å². The molecule has 1 aromatic heterocycles. The highest BCUT2D eigenvalue weighted by atomic mass is 16.5. The van der Waals surface area contributed by atoms with Gasteiger partial charge in [0.1, 0.15) is 17.0 Å². The van der Waals surface area contributed by atoms with E-state index in [-0.39, 0.29) is 5.63 Å². The molecule has 0 saturated heterocycles. The van der Waals surface area contributed by atoms with Crippen LogP contribution in [0.3, 0.4) is 0 Å². The summed E-state index contributed by atoms with van der Waals surface area (Å²) in [5, 5.41) is 4.01. The Hall–Kier alpha value is -2.75. The van der Waals surface area contributed by atoms with E-state index in [0.717, 1.165) is 16.7 Å². The van der Waals surface area contributed by atoms with Crippen LogP contribution in [0, 0.1) is 0 Å². The highest BCUT2D eigenvalue weighted by Gasteiger charge is 2.04. The van der Waals surface area contributed by atoms with E-state index in [1.165, 1.54) is 0 Å². The van der Waals surface area contributed by atoms with Crippen molar-refractivity contribution in [1.29, 1.82) is 0 Å². The van der Waals surface area contributed by atoms with Crippen molar-refractivity contribution in [3.05, 3.63) is 70.6 Å². The molecule has 1 heterocycles. The summed E-state index contributed by atoms with van der Waals surface area (Å²) in [4.78, 5) is 11.9. The quantitative estimate of drug-likeness (QED) is 0.744. The third kappa shape index (κ3) is 2.89. The van der Waals surface area contributed by atoms with Gasteiger partial charge in [-0.2, -0.15) is 0 Å². The van der Waals surface area contributed by atoms with Gasteiger partial charge >= 0.3 is 5.63 Å². The van der Waals surface area contributed by atoms with E-state index >= 15 is 0 Å². The Morgan fingerprint density at radius 3 is 2.62 bits per heavy atom. The Kier molecular flexibility index (Phi) is 3.60. The molecule has 0 fully saturated rings. The van der Waals surface area contributed by atoms with Crippen molar-refractivity contribution in [1.82, 2.24) is 0 Å². The van der Waals surface area contributed by atoms with Crippen molar-refractivity contribution in [2.24, 2.45) is 0 Å². The topological polar surface area (TPSA) is 51.5 Å². The van der Waals surface area contributed by atoms with E-state index in [9.17, 15) is 4.79 Å². The zero-order valence-corrected chi connectivity index (χ0v) is 11.6. The zero-order chi connectivity index (χ0) is 14.7. The number of para-hydroxylation sites is 1. The van der Waals surface area contributed by atoms with Gasteiger partial charge in [0.15, 0.2) is 0 Å². The van der Waals surface area contributed by atoms with Crippen molar-refractivity contribution < 1.29 is 9.15 Å². The molecule has 3 aromatic rings. The molecule has 0 radical (unpaired) electrons. The summed E-state index contributed by atoms with van der Waals surface area (Å²) in [5.41, 5.74) is 1.76. The van der Waals surface area contributed by atoms with Crippen molar-refractivity contribution in [3.8, 4) is 5.75 Å². The normalized spacial score (nSPS) is 10.5. The molecule has 4 nitrogen and oxygen atoms in total. The molecule has 106 valence electrons. The number of hydrogen-bond donors (Lipinski definition) is 1. The number of hydrogen-bond acceptors (Lipinski definition) is 4. The first-order chi connectivity index (χ1) is 10.3. The number of anilines is 1. The smallest absolute Gasteiger partial charge is 0.359 e. The fourth-order valence-electron chi connectivity index (χ4n) is 2.13. The molecule has 0 unspecified atom stereocenters. The molecule has 4 heteroatoms. The predicted octanol–water partition coefficient (Wildman–Crippen LogP) is 3.41. The average Bonchev–Trinajstić information content (AvgIpc) is 2.53. The van der Waals surface area contributed by atoms with Gasteiger partial charge < -0.3 is 14.5 Å².